The Morgan fingerprint density at radius 2 is 1.79 bits per heavy atom. The lowest BCUT2D eigenvalue weighted by molar-refractivity contribution is 0.496. The summed E-state index contributed by atoms with van der Waals surface area (Å²) >= 11 is 6.43. The molecular formula is C17H10Br2F2N2O. The first-order chi connectivity index (χ1) is 11.5. The summed E-state index contributed by atoms with van der Waals surface area (Å²) in [6.45, 7) is 0. The Hall–Kier alpha value is -1.86. The molecule has 3 rings (SSSR count). The quantitative estimate of drug-likeness (QED) is 0.511. The van der Waals surface area contributed by atoms with E-state index in [1.54, 1.807) is 30.4 Å². The number of aromatic nitrogens is 2. The Labute approximate surface area is 153 Å². The van der Waals surface area contributed by atoms with Gasteiger partial charge in [-0.05, 0) is 57.4 Å². The Morgan fingerprint density at radius 1 is 0.958 bits per heavy atom. The number of hydrogen-bond acceptors (Lipinski definition) is 3. The van der Waals surface area contributed by atoms with Crippen LogP contribution >= 0.6 is 31.9 Å². The van der Waals surface area contributed by atoms with Crippen LogP contribution in [0.3, 0.4) is 0 Å². The maximum absolute atomic E-state index is 13.2. The monoisotopic (exact) mass is 454 g/mol. The second-order valence-corrected chi connectivity index (χ2v) is 6.67. The standard InChI is InChI=1S/C17H10Br2F2N2O/c18-13-9-12(20)4-2-11(13)3-6-16-22-23-17(24-16)8-10-1-5-15(21)14(19)7-10/h1-7,9H,8H2. The first-order valence-electron chi connectivity index (χ1n) is 6.91. The Balaban J connectivity index is 1.73. The summed E-state index contributed by atoms with van der Waals surface area (Å²) in [7, 11) is 0. The molecule has 0 amide bonds. The van der Waals surface area contributed by atoms with Crippen LogP contribution in [-0.4, -0.2) is 10.2 Å². The fraction of sp³-hybridized carbons (Fsp3) is 0.0588. The summed E-state index contributed by atoms with van der Waals surface area (Å²) < 4.78 is 32.8. The number of benzene rings is 2. The summed E-state index contributed by atoms with van der Waals surface area (Å²) in [5.41, 5.74) is 1.64. The number of rotatable bonds is 4. The number of nitrogens with zero attached hydrogens (tertiary/aromatic N) is 2. The molecule has 7 heteroatoms. The maximum atomic E-state index is 13.2. The summed E-state index contributed by atoms with van der Waals surface area (Å²) in [5.74, 6) is 0.121. The van der Waals surface area contributed by atoms with E-state index in [2.05, 4.69) is 42.1 Å². The van der Waals surface area contributed by atoms with Crippen LogP contribution in [0.5, 0.6) is 0 Å². The largest absolute Gasteiger partial charge is 0.421 e. The van der Waals surface area contributed by atoms with Gasteiger partial charge in [-0.15, -0.1) is 10.2 Å². The van der Waals surface area contributed by atoms with E-state index < -0.39 is 0 Å². The Kier molecular flexibility index (Phi) is 5.20. The van der Waals surface area contributed by atoms with Gasteiger partial charge in [0, 0.05) is 10.5 Å². The molecule has 2 aromatic carbocycles. The van der Waals surface area contributed by atoms with E-state index in [0.717, 1.165) is 11.1 Å². The Morgan fingerprint density at radius 3 is 2.54 bits per heavy atom. The minimum Gasteiger partial charge on any atom is -0.421 e. The molecule has 0 aliphatic heterocycles. The summed E-state index contributed by atoms with van der Waals surface area (Å²) in [6, 6.07) is 9.10. The molecule has 0 spiro atoms. The normalized spacial score (nSPS) is 11.3. The topological polar surface area (TPSA) is 38.9 Å². The second-order valence-electron chi connectivity index (χ2n) is 4.96. The molecule has 0 atom stereocenters. The summed E-state index contributed by atoms with van der Waals surface area (Å²) in [6.07, 6.45) is 3.80. The molecule has 0 saturated carbocycles. The van der Waals surface area contributed by atoms with Crippen molar-refractivity contribution in [1.29, 1.82) is 0 Å². The molecular weight excluding hydrogens is 446 g/mol. The molecule has 1 heterocycles. The maximum Gasteiger partial charge on any atom is 0.240 e. The molecule has 0 bridgehead atoms. The van der Waals surface area contributed by atoms with Gasteiger partial charge < -0.3 is 4.42 Å². The highest BCUT2D eigenvalue weighted by atomic mass is 79.9. The van der Waals surface area contributed by atoms with E-state index in [4.69, 9.17) is 4.42 Å². The number of halogens is 4. The zero-order valence-electron chi connectivity index (χ0n) is 12.1. The molecule has 0 fully saturated rings. The van der Waals surface area contributed by atoms with E-state index in [1.165, 1.54) is 18.2 Å². The van der Waals surface area contributed by atoms with Crippen molar-refractivity contribution in [2.24, 2.45) is 0 Å². The van der Waals surface area contributed by atoms with Crippen LogP contribution in [0.1, 0.15) is 22.9 Å². The van der Waals surface area contributed by atoms with Gasteiger partial charge in [-0.3, -0.25) is 0 Å². The van der Waals surface area contributed by atoms with Crippen molar-refractivity contribution in [2.45, 2.75) is 6.42 Å². The first kappa shape index (κ1) is 17.0. The van der Waals surface area contributed by atoms with Crippen LogP contribution in [0, 0.1) is 11.6 Å². The van der Waals surface area contributed by atoms with Crippen molar-refractivity contribution in [2.75, 3.05) is 0 Å². The zero-order chi connectivity index (χ0) is 17.1. The molecule has 0 unspecified atom stereocenters. The van der Waals surface area contributed by atoms with Crippen molar-refractivity contribution >= 4 is 44.0 Å². The molecule has 24 heavy (non-hydrogen) atoms. The molecule has 122 valence electrons. The van der Waals surface area contributed by atoms with Crippen molar-refractivity contribution < 1.29 is 13.2 Å². The van der Waals surface area contributed by atoms with Gasteiger partial charge in [0.2, 0.25) is 11.8 Å². The predicted molar refractivity (Wildman–Crippen MR) is 94.2 cm³/mol. The van der Waals surface area contributed by atoms with E-state index in [-0.39, 0.29) is 11.6 Å². The van der Waals surface area contributed by atoms with Crippen LogP contribution in [-0.2, 0) is 6.42 Å². The minimum absolute atomic E-state index is 0.315. The second kappa shape index (κ2) is 7.36. The van der Waals surface area contributed by atoms with Crippen molar-refractivity contribution in [3.63, 3.8) is 0 Å². The fourth-order valence-electron chi connectivity index (χ4n) is 2.03. The lowest BCUT2D eigenvalue weighted by Crippen LogP contribution is -1.89. The van der Waals surface area contributed by atoms with Crippen LogP contribution in [0.4, 0.5) is 8.78 Å². The highest BCUT2D eigenvalue weighted by Crippen LogP contribution is 2.21. The van der Waals surface area contributed by atoms with Gasteiger partial charge in [0.15, 0.2) is 0 Å². The predicted octanol–water partition coefficient (Wildman–Crippen LogP) is 5.63. The number of hydrogen-bond donors (Lipinski definition) is 0. The molecule has 0 saturated heterocycles. The third-order valence-electron chi connectivity index (χ3n) is 3.19. The van der Waals surface area contributed by atoms with Crippen LogP contribution in [0.25, 0.3) is 12.2 Å². The van der Waals surface area contributed by atoms with Gasteiger partial charge >= 0.3 is 0 Å². The van der Waals surface area contributed by atoms with Gasteiger partial charge in [0.25, 0.3) is 0 Å². The lowest BCUT2D eigenvalue weighted by atomic mass is 10.1. The van der Waals surface area contributed by atoms with Gasteiger partial charge in [0.05, 0.1) is 10.9 Å². The third kappa shape index (κ3) is 4.15. The van der Waals surface area contributed by atoms with Crippen LogP contribution in [0.2, 0.25) is 0 Å². The van der Waals surface area contributed by atoms with Crippen molar-refractivity contribution in [1.82, 2.24) is 10.2 Å². The average molecular weight is 456 g/mol. The minimum atomic E-state index is -0.322. The van der Waals surface area contributed by atoms with Crippen LogP contribution < -0.4 is 0 Å². The summed E-state index contributed by atoms with van der Waals surface area (Å²) in [4.78, 5) is 0. The van der Waals surface area contributed by atoms with Gasteiger partial charge in [-0.2, -0.15) is 0 Å². The fourth-order valence-corrected chi connectivity index (χ4v) is 2.94. The van der Waals surface area contributed by atoms with Crippen molar-refractivity contribution in [3.8, 4) is 0 Å². The third-order valence-corrected chi connectivity index (χ3v) is 4.48. The molecule has 3 aromatic rings. The van der Waals surface area contributed by atoms with Crippen molar-refractivity contribution in [3.05, 3.63) is 79.9 Å². The average Bonchev–Trinajstić information content (AvgIpc) is 2.98. The zero-order valence-corrected chi connectivity index (χ0v) is 15.3. The van der Waals surface area contributed by atoms with E-state index in [1.807, 2.05) is 0 Å². The molecule has 1 aromatic heterocycles. The van der Waals surface area contributed by atoms with Gasteiger partial charge in [-0.1, -0.05) is 28.1 Å². The summed E-state index contributed by atoms with van der Waals surface area (Å²) in [5, 5.41) is 7.90. The molecule has 3 nitrogen and oxygen atoms in total. The van der Waals surface area contributed by atoms with E-state index in [0.29, 0.717) is 27.1 Å². The van der Waals surface area contributed by atoms with E-state index in [9.17, 15) is 8.78 Å². The van der Waals surface area contributed by atoms with Gasteiger partial charge in [0.1, 0.15) is 11.6 Å². The highest BCUT2D eigenvalue weighted by Gasteiger charge is 2.07. The SMILES string of the molecule is Fc1ccc(C=Cc2nnc(Cc3ccc(F)c(Br)c3)o2)c(Br)c1. The smallest absolute Gasteiger partial charge is 0.240 e. The molecule has 0 radical (unpaired) electrons. The first-order valence-corrected chi connectivity index (χ1v) is 8.49. The van der Waals surface area contributed by atoms with Crippen LogP contribution in [0.15, 0.2) is 49.8 Å². The van der Waals surface area contributed by atoms with Gasteiger partial charge in [-0.25, -0.2) is 8.78 Å². The molecule has 0 aliphatic rings. The molecule has 0 aliphatic carbocycles. The highest BCUT2D eigenvalue weighted by molar-refractivity contribution is 9.10. The van der Waals surface area contributed by atoms with E-state index >= 15 is 0 Å². The Bertz CT molecular complexity index is 909. The lowest BCUT2D eigenvalue weighted by Gasteiger charge is -1.99. The molecule has 0 N–H and O–H groups in total.